The SMILES string of the molecule is O=C(COc1ccc(Cl)cc1Cl)NNS(=O)(=O)c1ccccc1. The Labute approximate surface area is 143 Å². The molecule has 0 atom stereocenters. The normalized spacial score (nSPS) is 11.0. The fourth-order valence-corrected chi connectivity index (χ4v) is 2.90. The number of hydrazine groups is 1. The summed E-state index contributed by atoms with van der Waals surface area (Å²) in [6.07, 6.45) is 0. The molecule has 0 saturated carbocycles. The van der Waals surface area contributed by atoms with Crippen molar-refractivity contribution in [1.29, 1.82) is 0 Å². The zero-order valence-electron chi connectivity index (χ0n) is 11.6. The van der Waals surface area contributed by atoms with E-state index >= 15 is 0 Å². The maximum Gasteiger partial charge on any atom is 0.272 e. The summed E-state index contributed by atoms with van der Waals surface area (Å²) in [5, 5.41) is 0.678. The highest BCUT2D eigenvalue weighted by atomic mass is 35.5. The van der Waals surface area contributed by atoms with Crippen LogP contribution in [-0.2, 0) is 14.8 Å². The van der Waals surface area contributed by atoms with Crippen molar-refractivity contribution in [3.63, 3.8) is 0 Å². The lowest BCUT2D eigenvalue weighted by Gasteiger charge is -2.10. The van der Waals surface area contributed by atoms with E-state index in [9.17, 15) is 13.2 Å². The molecule has 0 aliphatic heterocycles. The van der Waals surface area contributed by atoms with Crippen molar-refractivity contribution in [2.45, 2.75) is 4.90 Å². The second-order valence-electron chi connectivity index (χ2n) is 4.33. The van der Waals surface area contributed by atoms with Gasteiger partial charge in [0.25, 0.3) is 15.9 Å². The molecule has 0 aliphatic rings. The molecule has 2 aromatic rings. The summed E-state index contributed by atoms with van der Waals surface area (Å²) in [6, 6.07) is 12.2. The number of carbonyl (C=O) groups is 1. The lowest BCUT2D eigenvalue weighted by molar-refractivity contribution is -0.123. The second kappa shape index (κ2) is 7.65. The number of sulfonamides is 1. The van der Waals surface area contributed by atoms with Crippen molar-refractivity contribution >= 4 is 39.1 Å². The lowest BCUT2D eigenvalue weighted by Crippen LogP contribution is -2.43. The topological polar surface area (TPSA) is 84.5 Å². The molecule has 2 rings (SSSR count). The molecule has 0 fully saturated rings. The van der Waals surface area contributed by atoms with Gasteiger partial charge in [0.2, 0.25) is 0 Å². The van der Waals surface area contributed by atoms with Crippen LogP contribution in [0.4, 0.5) is 0 Å². The molecule has 0 aromatic heterocycles. The van der Waals surface area contributed by atoms with Crippen molar-refractivity contribution in [3.05, 3.63) is 58.6 Å². The maximum absolute atomic E-state index is 11.9. The van der Waals surface area contributed by atoms with E-state index in [0.29, 0.717) is 5.02 Å². The van der Waals surface area contributed by atoms with Gasteiger partial charge in [-0.05, 0) is 30.3 Å². The number of nitrogens with one attached hydrogen (secondary N) is 2. The molecule has 0 radical (unpaired) electrons. The van der Waals surface area contributed by atoms with Crippen LogP contribution in [0.25, 0.3) is 0 Å². The second-order valence-corrected chi connectivity index (χ2v) is 6.86. The van der Waals surface area contributed by atoms with Gasteiger partial charge in [0.15, 0.2) is 6.61 Å². The number of rotatable bonds is 6. The summed E-state index contributed by atoms with van der Waals surface area (Å²) >= 11 is 11.6. The van der Waals surface area contributed by atoms with Gasteiger partial charge in [-0.25, -0.2) is 8.42 Å². The van der Waals surface area contributed by atoms with Crippen LogP contribution < -0.4 is 15.0 Å². The van der Waals surface area contributed by atoms with Crippen LogP contribution >= 0.6 is 23.2 Å². The van der Waals surface area contributed by atoms with Crippen LogP contribution in [0.15, 0.2) is 53.4 Å². The van der Waals surface area contributed by atoms with E-state index < -0.39 is 22.5 Å². The maximum atomic E-state index is 11.9. The predicted molar refractivity (Wildman–Crippen MR) is 86.9 cm³/mol. The van der Waals surface area contributed by atoms with E-state index in [4.69, 9.17) is 27.9 Å². The Morgan fingerprint density at radius 3 is 2.43 bits per heavy atom. The Morgan fingerprint density at radius 2 is 1.78 bits per heavy atom. The third-order valence-corrected chi connectivity index (χ3v) is 4.43. The van der Waals surface area contributed by atoms with Crippen molar-refractivity contribution in [2.24, 2.45) is 0 Å². The van der Waals surface area contributed by atoms with Crippen molar-refractivity contribution < 1.29 is 17.9 Å². The minimum Gasteiger partial charge on any atom is -0.482 e. The quantitative estimate of drug-likeness (QED) is 0.760. The van der Waals surface area contributed by atoms with Crippen LogP contribution in [0.3, 0.4) is 0 Å². The highest BCUT2D eigenvalue weighted by molar-refractivity contribution is 7.89. The van der Waals surface area contributed by atoms with E-state index in [1.807, 2.05) is 4.83 Å². The lowest BCUT2D eigenvalue weighted by atomic mass is 10.3. The van der Waals surface area contributed by atoms with E-state index in [0.717, 1.165) is 0 Å². The summed E-state index contributed by atoms with van der Waals surface area (Å²) in [7, 11) is -3.83. The summed E-state index contributed by atoms with van der Waals surface area (Å²) in [5.74, 6) is -0.423. The molecule has 122 valence electrons. The first-order valence-electron chi connectivity index (χ1n) is 6.32. The van der Waals surface area contributed by atoms with Gasteiger partial charge in [-0.3, -0.25) is 10.2 Å². The molecule has 0 heterocycles. The largest absolute Gasteiger partial charge is 0.482 e. The Bertz CT molecular complexity index is 798. The Morgan fingerprint density at radius 1 is 1.09 bits per heavy atom. The Balaban J connectivity index is 1.88. The highest BCUT2D eigenvalue weighted by Crippen LogP contribution is 2.27. The smallest absolute Gasteiger partial charge is 0.272 e. The standard InChI is InChI=1S/C14H12Cl2N2O4S/c15-10-6-7-13(12(16)8-10)22-9-14(19)17-18-23(20,21)11-4-2-1-3-5-11/h1-8,18H,9H2,(H,17,19). The minimum atomic E-state index is -3.83. The van der Waals surface area contributed by atoms with E-state index in [2.05, 4.69) is 5.43 Å². The number of carbonyl (C=O) groups excluding carboxylic acids is 1. The highest BCUT2D eigenvalue weighted by Gasteiger charge is 2.14. The van der Waals surface area contributed by atoms with Gasteiger partial charge >= 0.3 is 0 Å². The fraction of sp³-hybridized carbons (Fsp3) is 0.0714. The monoisotopic (exact) mass is 374 g/mol. The van der Waals surface area contributed by atoms with Crippen LogP contribution in [0, 0.1) is 0 Å². The van der Waals surface area contributed by atoms with E-state index in [-0.39, 0.29) is 15.7 Å². The molecule has 9 heteroatoms. The van der Waals surface area contributed by atoms with Gasteiger partial charge in [0.05, 0.1) is 9.92 Å². The van der Waals surface area contributed by atoms with Crippen LogP contribution in [-0.4, -0.2) is 20.9 Å². The first-order valence-corrected chi connectivity index (χ1v) is 8.56. The Kier molecular flexibility index (Phi) is 5.84. The Hall–Kier alpha value is -1.80. The summed E-state index contributed by atoms with van der Waals surface area (Å²) < 4.78 is 29.0. The zero-order valence-corrected chi connectivity index (χ0v) is 14.0. The molecular weight excluding hydrogens is 363 g/mol. The minimum absolute atomic E-state index is 0.0296. The molecule has 2 N–H and O–H groups in total. The molecule has 23 heavy (non-hydrogen) atoms. The van der Waals surface area contributed by atoms with E-state index in [1.165, 1.54) is 24.3 Å². The average molecular weight is 375 g/mol. The van der Waals surface area contributed by atoms with Gasteiger partial charge in [-0.2, -0.15) is 0 Å². The van der Waals surface area contributed by atoms with Gasteiger partial charge in [-0.1, -0.05) is 41.4 Å². The fourth-order valence-electron chi connectivity index (χ4n) is 1.55. The molecule has 0 bridgehead atoms. The van der Waals surface area contributed by atoms with Crippen molar-refractivity contribution in [2.75, 3.05) is 6.61 Å². The summed E-state index contributed by atoms with van der Waals surface area (Å²) in [5.41, 5.74) is 2.05. The molecule has 0 spiro atoms. The molecule has 0 aliphatic carbocycles. The van der Waals surface area contributed by atoms with Gasteiger partial charge < -0.3 is 4.74 Å². The first kappa shape index (κ1) is 17.6. The average Bonchev–Trinajstić information content (AvgIpc) is 2.53. The van der Waals surface area contributed by atoms with Crippen molar-refractivity contribution in [3.8, 4) is 5.75 Å². The number of ether oxygens (including phenoxy) is 1. The summed E-state index contributed by atoms with van der Waals surface area (Å²) in [6.45, 7) is -0.418. The molecule has 6 nitrogen and oxygen atoms in total. The van der Waals surface area contributed by atoms with Crippen molar-refractivity contribution in [1.82, 2.24) is 10.3 Å². The van der Waals surface area contributed by atoms with Crippen LogP contribution in [0.5, 0.6) is 5.75 Å². The predicted octanol–water partition coefficient (Wildman–Crippen LogP) is 2.38. The molecular formula is C14H12Cl2N2O4S. The van der Waals surface area contributed by atoms with Crippen LogP contribution in [0.2, 0.25) is 10.0 Å². The van der Waals surface area contributed by atoms with Gasteiger partial charge in [0.1, 0.15) is 5.75 Å². The van der Waals surface area contributed by atoms with E-state index in [1.54, 1.807) is 24.3 Å². The molecule has 0 unspecified atom stereocenters. The molecule has 1 amide bonds. The molecule has 2 aromatic carbocycles. The van der Waals surface area contributed by atoms with Gasteiger partial charge in [0, 0.05) is 5.02 Å². The van der Waals surface area contributed by atoms with Crippen LogP contribution in [0.1, 0.15) is 0 Å². The third kappa shape index (κ3) is 5.11. The van der Waals surface area contributed by atoms with Gasteiger partial charge in [-0.15, -0.1) is 4.83 Å². The first-order chi connectivity index (χ1) is 10.9. The number of benzene rings is 2. The zero-order chi connectivity index (χ0) is 16.9. The molecule has 0 saturated heterocycles. The number of halogens is 2. The summed E-state index contributed by atoms with van der Waals surface area (Å²) in [4.78, 5) is 13.6. The number of hydrogen-bond acceptors (Lipinski definition) is 4. The number of amides is 1. The number of hydrogen-bond donors (Lipinski definition) is 2. The third-order valence-electron chi connectivity index (χ3n) is 2.63.